The molecule has 0 aromatic carbocycles. The van der Waals surface area contributed by atoms with Gasteiger partial charge in [0.1, 0.15) is 0 Å². The summed E-state index contributed by atoms with van der Waals surface area (Å²) in [5.74, 6) is 2.35. The molecule has 0 saturated heterocycles. The fraction of sp³-hybridized carbons (Fsp3) is 1.00. The molecule has 0 aromatic rings. The van der Waals surface area contributed by atoms with E-state index in [0.717, 1.165) is 0 Å². The second kappa shape index (κ2) is 3.63. The van der Waals surface area contributed by atoms with Gasteiger partial charge in [0.15, 0.2) is 0 Å². The van der Waals surface area contributed by atoms with Gasteiger partial charge < -0.3 is 5.11 Å². The molecule has 0 bridgehead atoms. The predicted octanol–water partition coefficient (Wildman–Crippen LogP) is 1.90. The first kappa shape index (κ1) is 8.41. The van der Waals surface area contributed by atoms with E-state index in [-0.39, 0.29) is 0 Å². The van der Waals surface area contributed by atoms with E-state index in [0.29, 0.717) is 12.0 Å². The van der Waals surface area contributed by atoms with Crippen LogP contribution in [-0.2, 0) is 0 Å². The molecular formula is C8H16OS. The van der Waals surface area contributed by atoms with Crippen LogP contribution in [0.4, 0.5) is 0 Å². The molecule has 1 rings (SSSR count). The molecule has 0 aromatic heterocycles. The fourth-order valence-corrected chi connectivity index (χ4v) is 2.36. The average Bonchev–Trinajstić information content (AvgIpc) is 1.87. The van der Waals surface area contributed by atoms with Crippen LogP contribution < -0.4 is 0 Å². The second-order valence-corrected chi connectivity index (χ2v) is 4.42. The molecule has 1 N–H and O–H groups in total. The highest BCUT2D eigenvalue weighted by atomic mass is 32.2. The first-order valence-corrected chi connectivity index (χ1v) is 5.17. The monoisotopic (exact) mass is 160 g/mol. The van der Waals surface area contributed by atoms with Crippen molar-refractivity contribution >= 4 is 11.8 Å². The summed E-state index contributed by atoms with van der Waals surface area (Å²) in [7, 11) is 0. The largest absolute Gasteiger partial charge is 0.396 e. The third kappa shape index (κ3) is 1.67. The Balaban J connectivity index is 2.20. The summed E-state index contributed by atoms with van der Waals surface area (Å²) in [6.45, 7) is 2.58. The number of rotatable bonds is 4. The van der Waals surface area contributed by atoms with Crippen LogP contribution in [0.2, 0.25) is 0 Å². The number of hydrogen-bond acceptors (Lipinski definition) is 2. The molecule has 0 heterocycles. The van der Waals surface area contributed by atoms with E-state index in [1.54, 1.807) is 0 Å². The molecule has 1 nitrogen and oxygen atoms in total. The Hall–Kier alpha value is 0.310. The summed E-state index contributed by atoms with van der Waals surface area (Å²) < 4.78 is 0. The van der Waals surface area contributed by atoms with Gasteiger partial charge in [-0.25, -0.2) is 0 Å². The van der Waals surface area contributed by atoms with Crippen LogP contribution in [0.15, 0.2) is 0 Å². The molecule has 0 amide bonds. The molecule has 0 spiro atoms. The van der Waals surface area contributed by atoms with E-state index in [9.17, 15) is 0 Å². The van der Waals surface area contributed by atoms with E-state index in [4.69, 9.17) is 5.11 Å². The van der Waals surface area contributed by atoms with Crippen molar-refractivity contribution in [1.82, 2.24) is 0 Å². The van der Waals surface area contributed by atoms with E-state index < -0.39 is 0 Å². The van der Waals surface area contributed by atoms with Crippen molar-refractivity contribution in [3.05, 3.63) is 0 Å². The van der Waals surface area contributed by atoms with E-state index in [1.165, 1.54) is 30.8 Å². The minimum absolute atomic E-state index is 0.334. The number of aliphatic hydroxyl groups excluding tert-OH is 1. The third-order valence-electron chi connectivity index (χ3n) is 2.36. The topological polar surface area (TPSA) is 20.2 Å². The quantitative estimate of drug-likeness (QED) is 0.678. The normalized spacial score (nSPS) is 22.2. The summed E-state index contributed by atoms with van der Waals surface area (Å²) >= 11 is 1.96. The van der Waals surface area contributed by atoms with Crippen LogP contribution in [0, 0.1) is 5.41 Å². The van der Waals surface area contributed by atoms with Gasteiger partial charge in [-0.3, -0.25) is 0 Å². The standard InChI is InChI=1S/C8H16OS/c1-2-10-7-8(6-9)4-3-5-8/h9H,2-7H2,1H3. The Labute approximate surface area is 67.2 Å². The molecule has 0 radical (unpaired) electrons. The van der Waals surface area contributed by atoms with Crippen molar-refractivity contribution in [3.8, 4) is 0 Å². The highest BCUT2D eigenvalue weighted by Gasteiger charge is 2.35. The Morgan fingerprint density at radius 2 is 2.20 bits per heavy atom. The van der Waals surface area contributed by atoms with Crippen LogP contribution in [0.25, 0.3) is 0 Å². The number of thioether (sulfide) groups is 1. The fourth-order valence-electron chi connectivity index (χ4n) is 1.34. The highest BCUT2D eigenvalue weighted by Crippen LogP contribution is 2.42. The Morgan fingerprint density at radius 1 is 1.50 bits per heavy atom. The lowest BCUT2D eigenvalue weighted by Crippen LogP contribution is -2.35. The summed E-state index contributed by atoms with van der Waals surface area (Å²) in [6.07, 6.45) is 3.82. The van der Waals surface area contributed by atoms with Gasteiger partial charge in [-0.05, 0) is 18.6 Å². The van der Waals surface area contributed by atoms with Gasteiger partial charge in [0, 0.05) is 17.8 Å². The molecule has 60 valence electrons. The third-order valence-corrected chi connectivity index (χ3v) is 3.59. The van der Waals surface area contributed by atoms with Gasteiger partial charge in [0.25, 0.3) is 0 Å². The van der Waals surface area contributed by atoms with Crippen LogP contribution in [0.5, 0.6) is 0 Å². The van der Waals surface area contributed by atoms with Crippen molar-refractivity contribution in [2.24, 2.45) is 5.41 Å². The summed E-state index contributed by atoms with van der Waals surface area (Å²) in [5, 5.41) is 9.05. The van der Waals surface area contributed by atoms with Crippen LogP contribution in [0.3, 0.4) is 0 Å². The van der Waals surface area contributed by atoms with Crippen LogP contribution in [-0.4, -0.2) is 23.2 Å². The average molecular weight is 160 g/mol. The molecule has 0 aliphatic heterocycles. The second-order valence-electron chi connectivity index (χ2n) is 3.15. The highest BCUT2D eigenvalue weighted by molar-refractivity contribution is 7.99. The SMILES string of the molecule is CCSCC1(CO)CCC1. The van der Waals surface area contributed by atoms with Gasteiger partial charge in [0.2, 0.25) is 0 Å². The Morgan fingerprint density at radius 3 is 2.50 bits per heavy atom. The molecular weight excluding hydrogens is 144 g/mol. The maximum absolute atomic E-state index is 9.05. The lowest BCUT2D eigenvalue weighted by Gasteiger charge is -2.39. The van der Waals surface area contributed by atoms with Gasteiger partial charge in [-0.15, -0.1) is 0 Å². The minimum Gasteiger partial charge on any atom is -0.396 e. The summed E-state index contributed by atoms with van der Waals surface area (Å²) in [4.78, 5) is 0. The van der Waals surface area contributed by atoms with Crippen molar-refractivity contribution < 1.29 is 5.11 Å². The van der Waals surface area contributed by atoms with Gasteiger partial charge in [0.05, 0.1) is 0 Å². The molecule has 1 saturated carbocycles. The van der Waals surface area contributed by atoms with Crippen molar-refractivity contribution in [1.29, 1.82) is 0 Å². The maximum atomic E-state index is 9.05. The zero-order valence-corrected chi connectivity index (χ0v) is 7.41. The van der Waals surface area contributed by atoms with Crippen molar-refractivity contribution in [2.75, 3.05) is 18.1 Å². The van der Waals surface area contributed by atoms with E-state index in [1.807, 2.05) is 11.8 Å². The lowest BCUT2D eigenvalue weighted by atomic mass is 9.71. The smallest absolute Gasteiger partial charge is 0.0495 e. The molecule has 1 fully saturated rings. The summed E-state index contributed by atoms with van der Waals surface area (Å²) in [6, 6.07) is 0. The molecule has 1 aliphatic rings. The van der Waals surface area contributed by atoms with Crippen LogP contribution >= 0.6 is 11.8 Å². The maximum Gasteiger partial charge on any atom is 0.0495 e. The van der Waals surface area contributed by atoms with Crippen molar-refractivity contribution in [3.63, 3.8) is 0 Å². The molecule has 1 aliphatic carbocycles. The first-order chi connectivity index (χ1) is 4.83. The van der Waals surface area contributed by atoms with Gasteiger partial charge >= 0.3 is 0 Å². The molecule has 0 atom stereocenters. The van der Waals surface area contributed by atoms with Crippen molar-refractivity contribution in [2.45, 2.75) is 26.2 Å². The Bertz CT molecular complexity index is 93.9. The lowest BCUT2D eigenvalue weighted by molar-refractivity contribution is 0.0685. The van der Waals surface area contributed by atoms with E-state index >= 15 is 0 Å². The number of hydrogen-bond donors (Lipinski definition) is 1. The van der Waals surface area contributed by atoms with E-state index in [2.05, 4.69) is 6.92 Å². The minimum atomic E-state index is 0.334. The molecule has 0 unspecified atom stereocenters. The zero-order chi connectivity index (χ0) is 7.45. The van der Waals surface area contributed by atoms with Gasteiger partial charge in [-0.1, -0.05) is 13.3 Å². The predicted molar refractivity (Wildman–Crippen MR) is 46.4 cm³/mol. The van der Waals surface area contributed by atoms with Gasteiger partial charge in [-0.2, -0.15) is 11.8 Å². The Kier molecular flexibility index (Phi) is 3.05. The first-order valence-electron chi connectivity index (χ1n) is 4.01. The molecule has 2 heteroatoms. The number of aliphatic hydroxyl groups is 1. The zero-order valence-electron chi connectivity index (χ0n) is 6.60. The van der Waals surface area contributed by atoms with Crippen LogP contribution in [0.1, 0.15) is 26.2 Å². The molecule has 10 heavy (non-hydrogen) atoms. The summed E-state index contributed by atoms with van der Waals surface area (Å²) in [5.41, 5.74) is 0.334.